The van der Waals surface area contributed by atoms with Crippen molar-refractivity contribution in [3.05, 3.63) is 24.0 Å². The van der Waals surface area contributed by atoms with Gasteiger partial charge in [-0.2, -0.15) is 0 Å². The largest absolute Gasteiger partial charge is 0.361 e. The Kier molecular flexibility index (Phi) is 3.79. The monoisotopic (exact) mass is 275 g/mol. The molecule has 1 atom stereocenters. The van der Waals surface area contributed by atoms with Crippen LogP contribution in [0.3, 0.4) is 0 Å². The second-order valence-electron chi connectivity index (χ2n) is 6.23. The predicted molar refractivity (Wildman–Crippen MR) is 77.5 cm³/mol. The first-order valence-corrected chi connectivity index (χ1v) is 6.82. The number of anilines is 1. The molecule has 0 saturated carbocycles. The van der Waals surface area contributed by atoms with Crippen LogP contribution in [0.15, 0.2) is 18.3 Å². The van der Waals surface area contributed by atoms with Crippen LogP contribution >= 0.6 is 0 Å². The number of hydrogen-bond acceptors (Lipinski definition) is 4. The highest BCUT2D eigenvalue weighted by molar-refractivity contribution is 6.01. The summed E-state index contributed by atoms with van der Waals surface area (Å²) in [7, 11) is 1.85. The van der Waals surface area contributed by atoms with Crippen molar-refractivity contribution in [2.45, 2.75) is 45.1 Å². The summed E-state index contributed by atoms with van der Waals surface area (Å²) >= 11 is 0. The minimum Gasteiger partial charge on any atom is -0.361 e. The number of imide groups is 1. The minimum atomic E-state index is -0.310. The van der Waals surface area contributed by atoms with Crippen molar-refractivity contribution in [3.63, 3.8) is 0 Å². The summed E-state index contributed by atoms with van der Waals surface area (Å²) in [5, 5.41) is 2.38. The van der Waals surface area contributed by atoms with Crippen LogP contribution in [0.4, 0.5) is 5.69 Å². The molecule has 5 heteroatoms. The van der Waals surface area contributed by atoms with E-state index in [4.69, 9.17) is 0 Å². The molecule has 0 aromatic carbocycles. The molecular formula is C15H21N3O2. The maximum absolute atomic E-state index is 11.9. The molecule has 0 bridgehead atoms. The number of carbonyl (C=O) groups is 2. The molecule has 2 amide bonds. The third-order valence-corrected chi connectivity index (χ3v) is 3.60. The van der Waals surface area contributed by atoms with Gasteiger partial charge in [0.2, 0.25) is 11.8 Å². The van der Waals surface area contributed by atoms with Crippen molar-refractivity contribution >= 4 is 17.5 Å². The van der Waals surface area contributed by atoms with Crippen LogP contribution in [0.1, 0.15) is 39.3 Å². The van der Waals surface area contributed by atoms with E-state index in [1.165, 1.54) is 0 Å². The fourth-order valence-corrected chi connectivity index (χ4v) is 2.27. The molecule has 2 rings (SSSR count). The number of amides is 2. The Hall–Kier alpha value is -1.91. The number of aromatic nitrogens is 1. The highest BCUT2D eigenvalue weighted by atomic mass is 16.2. The fraction of sp³-hybridized carbons (Fsp3) is 0.533. The van der Waals surface area contributed by atoms with E-state index in [1.807, 2.05) is 24.1 Å². The number of hydrogen-bond donors (Lipinski definition) is 1. The zero-order valence-electron chi connectivity index (χ0n) is 12.4. The molecule has 0 spiro atoms. The number of carbonyl (C=O) groups excluding carboxylic acids is 2. The van der Waals surface area contributed by atoms with E-state index in [0.29, 0.717) is 12.8 Å². The molecule has 1 saturated heterocycles. The molecule has 1 aliphatic rings. The maximum Gasteiger partial charge on any atom is 0.249 e. The summed E-state index contributed by atoms with van der Waals surface area (Å²) in [4.78, 5) is 29.4. The molecule has 20 heavy (non-hydrogen) atoms. The lowest BCUT2D eigenvalue weighted by Gasteiger charge is -2.31. The van der Waals surface area contributed by atoms with Gasteiger partial charge in [-0.3, -0.25) is 19.9 Å². The number of nitrogens with zero attached hydrogens (tertiary/aromatic N) is 2. The van der Waals surface area contributed by atoms with Gasteiger partial charge in [-0.1, -0.05) is 20.8 Å². The Bertz CT molecular complexity index is 517. The molecule has 2 heterocycles. The number of nitrogens with one attached hydrogen (secondary N) is 1. The van der Waals surface area contributed by atoms with Gasteiger partial charge < -0.3 is 4.90 Å². The molecular weight excluding hydrogens is 254 g/mol. The van der Waals surface area contributed by atoms with Gasteiger partial charge >= 0.3 is 0 Å². The van der Waals surface area contributed by atoms with Gasteiger partial charge in [-0.25, -0.2) is 0 Å². The summed E-state index contributed by atoms with van der Waals surface area (Å²) in [6.07, 6.45) is 2.71. The Morgan fingerprint density at radius 2 is 2.00 bits per heavy atom. The van der Waals surface area contributed by atoms with Gasteiger partial charge in [0.15, 0.2) is 0 Å². The molecule has 1 aliphatic heterocycles. The van der Waals surface area contributed by atoms with E-state index >= 15 is 0 Å². The van der Waals surface area contributed by atoms with Crippen LogP contribution < -0.4 is 10.2 Å². The van der Waals surface area contributed by atoms with Crippen molar-refractivity contribution in [1.82, 2.24) is 10.3 Å². The van der Waals surface area contributed by atoms with Gasteiger partial charge in [-0.15, -0.1) is 0 Å². The van der Waals surface area contributed by atoms with Crippen molar-refractivity contribution in [2.24, 2.45) is 0 Å². The molecule has 1 fully saturated rings. The van der Waals surface area contributed by atoms with Gasteiger partial charge in [-0.05, 0) is 18.6 Å². The average molecular weight is 275 g/mol. The second-order valence-corrected chi connectivity index (χ2v) is 6.23. The summed E-state index contributed by atoms with van der Waals surface area (Å²) in [6, 6.07) is 3.64. The Labute approximate surface area is 119 Å². The van der Waals surface area contributed by atoms with Crippen LogP contribution in [0, 0.1) is 0 Å². The van der Waals surface area contributed by atoms with Crippen LogP contribution in [0.5, 0.6) is 0 Å². The van der Waals surface area contributed by atoms with Crippen LogP contribution in [-0.4, -0.2) is 29.9 Å². The zero-order valence-corrected chi connectivity index (χ0v) is 12.4. The van der Waals surface area contributed by atoms with E-state index in [1.54, 1.807) is 6.20 Å². The summed E-state index contributed by atoms with van der Waals surface area (Å²) in [5.41, 5.74) is 1.90. The Morgan fingerprint density at radius 1 is 1.30 bits per heavy atom. The molecule has 108 valence electrons. The molecule has 5 nitrogen and oxygen atoms in total. The zero-order chi connectivity index (χ0) is 14.9. The Balaban J connectivity index is 2.15. The molecule has 1 aromatic rings. The lowest BCUT2D eigenvalue weighted by Crippen LogP contribution is -2.51. The number of rotatable bonds is 2. The number of pyridine rings is 1. The van der Waals surface area contributed by atoms with Crippen molar-refractivity contribution in [3.8, 4) is 0 Å². The minimum absolute atomic E-state index is 0.00569. The van der Waals surface area contributed by atoms with Crippen molar-refractivity contribution < 1.29 is 9.59 Å². The van der Waals surface area contributed by atoms with Gasteiger partial charge in [0.25, 0.3) is 0 Å². The first-order chi connectivity index (χ1) is 9.29. The highest BCUT2D eigenvalue weighted by Crippen LogP contribution is 2.24. The molecule has 1 aromatic heterocycles. The summed E-state index contributed by atoms with van der Waals surface area (Å²) in [6.45, 7) is 6.33. The van der Waals surface area contributed by atoms with E-state index in [9.17, 15) is 9.59 Å². The quantitative estimate of drug-likeness (QED) is 0.833. The lowest BCUT2D eigenvalue weighted by molar-refractivity contribution is -0.134. The van der Waals surface area contributed by atoms with Crippen LogP contribution in [0.25, 0.3) is 0 Å². The number of likely N-dealkylation sites (N-methyl/N-ethyl adjacent to an activating group) is 1. The average Bonchev–Trinajstić information content (AvgIpc) is 2.37. The van der Waals surface area contributed by atoms with Crippen LogP contribution in [-0.2, 0) is 15.0 Å². The van der Waals surface area contributed by atoms with E-state index in [2.05, 4.69) is 31.1 Å². The summed E-state index contributed by atoms with van der Waals surface area (Å²) in [5.74, 6) is -0.426. The molecule has 1 unspecified atom stereocenters. The third-order valence-electron chi connectivity index (χ3n) is 3.60. The van der Waals surface area contributed by atoms with Crippen molar-refractivity contribution in [1.29, 1.82) is 0 Å². The fourth-order valence-electron chi connectivity index (χ4n) is 2.27. The smallest absolute Gasteiger partial charge is 0.249 e. The molecule has 0 radical (unpaired) electrons. The first kappa shape index (κ1) is 14.5. The predicted octanol–water partition coefficient (Wildman–Crippen LogP) is 1.62. The maximum atomic E-state index is 11.9. The third kappa shape index (κ3) is 2.98. The second kappa shape index (κ2) is 5.23. The highest BCUT2D eigenvalue weighted by Gasteiger charge is 2.30. The van der Waals surface area contributed by atoms with Gasteiger partial charge in [0, 0.05) is 24.6 Å². The Morgan fingerprint density at radius 3 is 2.50 bits per heavy atom. The van der Waals surface area contributed by atoms with Gasteiger partial charge in [0.1, 0.15) is 6.04 Å². The lowest BCUT2D eigenvalue weighted by atomic mass is 9.91. The standard InChI is InChI=1S/C15H21N3O2/c1-15(2,3)12-7-5-10(9-16-12)18(4)11-6-8-13(19)17-14(11)20/h5,7,9,11H,6,8H2,1-4H3,(H,17,19,20). The summed E-state index contributed by atoms with van der Waals surface area (Å²) < 4.78 is 0. The van der Waals surface area contributed by atoms with E-state index in [-0.39, 0.29) is 23.3 Å². The normalized spacial score (nSPS) is 19.7. The number of piperidine rings is 1. The SMILES string of the molecule is CN(c1ccc(C(C)(C)C)nc1)C1CCC(=O)NC1=O. The van der Waals surface area contributed by atoms with Gasteiger partial charge in [0.05, 0.1) is 11.9 Å². The molecule has 0 aliphatic carbocycles. The van der Waals surface area contributed by atoms with Crippen molar-refractivity contribution in [2.75, 3.05) is 11.9 Å². The topological polar surface area (TPSA) is 62.3 Å². The van der Waals surface area contributed by atoms with E-state index < -0.39 is 0 Å². The van der Waals surface area contributed by atoms with Crippen LogP contribution in [0.2, 0.25) is 0 Å². The first-order valence-electron chi connectivity index (χ1n) is 6.82. The van der Waals surface area contributed by atoms with E-state index in [0.717, 1.165) is 11.4 Å². The molecule has 1 N–H and O–H groups in total.